The standard InChI is InChI=1S/C20H34O3/c1-7-18(4)10-8-15-19(5)12-13(21)16(22)17(2,3)14(19)9-11-20(15,6)23-18/h7,13-16,21-22H,1,8-12H2,2-6H3. The van der Waals surface area contributed by atoms with Crippen LogP contribution >= 0.6 is 0 Å². The summed E-state index contributed by atoms with van der Waals surface area (Å²) in [5.74, 6) is 0.839. The monoisotopic (exact) mass is 322 g/mol. The second-order valence-corrected chi connectivity index (χ2v) is 9.66. The van der Waals surface area contributed by atoms with Crippen molar-refractivity contribution in [1.82, 2.24) is 0 Å². The highest BCUT2D eigenvalue weighted by atomic mass is 16.5. The molecule has 2 aliphatic carbocycles. The van der Waals surface area contributed by atoms with E-state index in [-0.39, 0.29) is 22.0 Å². The van der Waals surface area contributed by atoms with Crippen LogP contribution in [0.4, 0.5) is 0 Å². The Bertz CT molecular complexity index is 501. The van der Waals surface area contributed by atoms with Crippen molar-refractivity contribution in [1.29, 1.82) is 0 Å². The van der Waals surface area contributed by atoms with Gasteiger partial charge >= 0.3 is 0 Å². The molecule has 0 amide bonds. The first-order chi connectivity index (χ1) is 10.5. The maximum Gasteiger partial charge on any atom is 0.0852 e. The lowest BCUT2D eigenvalue weighted by atomic mass is 9.43. The van der Waals surface area contributed by atoms with Crippen molar-refractivity contribution in [2.24, 2.45) is 22.7 Å². The van der Waals surface area contributed by atoms with Gasteiger partial charge in [0, 0.05) is 0 Å². The van der Waals surface area contributed by atoms with Gasteiger partial charge in [-0.25, -0.2) is 0 Å². The van der Waals surface area contributed by atoms with E-state index in [2.05, 4.69) is 41.2 Å². The van der Waals surface area contributed by atoms with Crippen LogP contribution in [0.2, 0.25) is 0 Å². The summed E-state index contributed by atoms with van der Waals surface area (Å²) in [6.07, 6.45) is 5.52. The van der Waals surface area contributed by atoms with E-state index in [0.717, 1.165) is 25.7 Å². The van der Waals surface area contributed by atoms with E-state index < -0.39 is 12.2 Å². The van der Waals surface area contributed by atoms with Gasteiger partial charge in [-0.2, -0.15) is 0 Å². The highest BCUT2D eigenvalue weighted by molar-refractivity contribution is 5.15. The molecular formula is C20H34O3. The van der Waals surface area contributed by atoms with Crippen LogP contribution in [0.1, 0.15) is 66.7 Å². The predicted molar refractivity (Wildman–Crippen MR) is 92.1 cm³/mol. The Morgan fingerprint density at radius 2 is 1.61 bits per heavy atom. The number of hydrogen-bond acceptors (Lipinski definition) is 3. The van der Waals surface area contributed by atoms with Crippen molar-refractivity contribution in [3.8, 4) is 0 Å². The fourth-order valence-corrected chi connectivity index (χ4v) is 6.56. The summed E-state index contributed by atoms with van der Waals surface area (Å²) in [5.41, 5.74) is -0.647. The molecule has 0 radical (unpaired) electrons. The van der Waals surface area contributed by atoms with Crippen molar-refractivity contribution < 1.29 is 14.9 Å². The number of aliphatic hydroxyl groups is 2. The predicted octanol–water partition coefficient (Wildman–Crippen LogP) is 3.68. The molecule has 23 heavy (non-hydrogen) atoms. The molecule has 2 saturated carbocycles. The molecule has 7 unspecified atom stereocenters. The Labute approximate surface area is 141 Å². The molecule has 0 spiro atoms. The minimum atomic E-state index is -0.638. The quantitative estimate of drug-likeness (QED) is 0.724. The summed E-state index contributed by atoms with van der Waals surface area (Å²) in [6, 6.07) is 0. The number of ether oxygens (including phenoxy) is 1. The fourth-order valence-electron chi connectivity index (χ4n) is 6.56. The zero-order valence-corrected chi connectivity index (χ0v) is 15.4. The van der Waals surface area contributed by atoms with Crippen molar-refractivity contribution in [2.45, 2.75) is 90.1 Å². The van der Waals surface area contributed by atoms with Crippen LogP contribution in [0.25, 0.3) is 0 Å². The second kappa shape index (κ2) is 5.06. The van der Waals surface area contributed by atoms with Gasteiger partial charge in [0.15, 0.2) is 0 Å². The molecule has 3 heteroatoms. The molecule has 2 N–H and O–H groups in total. The third-order valence-electron chi connectivity index (χ3n) is 7.76. The normalized spacial score (nSPS) is 55.6. The van der Waals surface area contributed by atoms with E-state index in [1.807, 2.05) is 6.08 Å². The number of fused-ring (bicyclic) bond motifs is 3. The molecule has 3 aliphatic rings. The van der Waals surface area contributed by atoms with Crippen LogP contribution in [0.15, 0.2) is 12.7 Å². The molecule has 132 valence electrons. The van der Waals surface area contributed by atoms with E-state index in [1.54, 1.807) is 0 Å². The molecule has 1 saturated heterocycles. The zero-order chi connectivity index (χ0) is 17.3. The van der Waals surface area contributed by atoms with Crippen molar-refractivity contribution in [3.63, 3.8) is 0 Å². The first-order valence-corrected chi connectivity index (χ1v) is 9.18. The lowest BCUT2D eigenvalue weighted by Crippen LogP contribution is -2.66. The van der Waals surface area contributed by atoms with Gasteiger partial charge in [0.2, 0.25) is 0 Å². The van der Waals surface area contributed by atoms with E-state index in [4.69, 9.17) is 4.74 Å². The molecule has 0 aromatic rings. The number of aliphatic hydroxyl groups excluding tert-OH is 2. The molecule has 0 bridgehead atoms. The van der Waals surface area contributed by atoms with Crippen LogP contribution in [0, 0.1) is 22.7 Å². The maximum absolute atomic E-state index is 10.5. The second-order valence-electron chi connectivity index (χ2n) is 9.66. The minimum Gasteiger partial charge on any atom is -0.390 e. The van der Waals surface area contributed by atoms with Gasteiger partial charge in [-0.1, -0.05) is 26.8 Å². The van der Waals surface area contributed by atoms with Crippen molar-refractivity contribution in [3.05, 3.63) is 12.7 Å². The van der Waals surface area contributed by atoms with Crippen LogP contribution < -0.4 is 0 Å². The van der Waals surface area contributed by atoms with Gasteiger partial charge in [0.05, 0.1) is 23.4 Å². The van der Waals surface area contributed by atoms with Gasteiger partial charge in [-0.15, -0.1) is 6.58 Å². The lowest BCUT2D eigenvalue weighted by molar-refractivity contribution is -0.275. The Hall–Kier alpha value is -0.380. The van der Waals surface area contributed by atoms with E-state index in [9.17, 15) is 10.2 Å². The summed E-state index contributed by atoms with van der Waals surface area (Å²) >= 11 is 0. The lowest BCUT2D eigenvalue weighted by Gasteiger charge is -2.66. The number of hydrogen-bond donors (Lipinski definition) is 2. The van der Waals surface area contributed by atoms with Gasteiger partial charge in [0.25, 0.3) is 0 Å². The number of rotatable bonds is 1. The van der Waals surface area contributed by atoms with Gasteiger partial charge in [-0.05, 0) is 68.6 Å². The molecule has 0 aromatic heterocycles. The maximum atomic E-state index is 10.5. The van der Waals surface area contributed by atoms with Crippen LogP contribution in [0.3, 0.4) is 0 Å². The van der Waals surface area contributed by atoms with E-state index in [0.29, 0.717) is 18.3 Å². The smallest absolute Gasteiger partial charge is 0.0852 e. The molecule has 3 fully saturated rings. The van der Waals surface area contributed by atoms with Gasteiger partial charge in [0.1, 0.15) is 0 Å². The average Bonchev–Trinajstić information content (AvgIpc) is 2.43. The summed E-state index contributed by atoms with van der Waals surface area (Å²) in [7, 11) is 0. The summed E-state index contributed by atoms with van der Waals surface area (Å²) in [6.45, 7) is 14.9. The third-order valence-corrected chi connectivity index (χ3v) is 7.76. The Kier molecular flexibility index (Phi) is 3.84. The van der Waals surface area contributed by atoms with E-state index in [1.165, 1.54) is 0 Å². The third kappa shape index (κ3) is 2.34. The molecule has 3 nitrogen and oxygen atoms in total. The Balaban J connectivity index is 1.98. The Morgan fingerprint density at radius 1 is 1.00 bits per heavy atom. The Morgan fingerprint density at radius 3 is 2.22 bits per heavy atom. The molecule has 1 heterocycles. The highest BCUT2D eigenvalue weighted by Gasteiger charge is 2.64. The van der Waals surface area contributed by atoms with Crippen LogP contribution in [0.5, 0.6) is 0 Å². The van der Waals surface area contributed by atoms with Gasteiger partial charge < -0.3 is 14.9 Å². The van der Waals surface area contributed by atoms with E-state index >= 15 is 0 Å². The molecule has 3 rings (SSSR count). The van der Waals surface area contributed by atoms with Crippen LogP contribution in [-0.2, 0) is 4.74 Å². The average molecular weight is 322 g/mol. The topological polar surface area (TPSA) is 49.7 Å². The summed E-state index contributed by atoms with van der Waals surface area (Å²) in [4.78, 5) is 0. The molecule has 0 aromatic carbocycles. The van der Waals surface area contributed by atoms with Crippen molar-refractivity contribution >= 4 is 0 Å². The molecular weight excluding hydrogens is 288 g/mol. The molecule has 7 atom stereocenters. The summed E-state index contributed by atoms with van der Waals surface area (Å²) < 4.78 is 6.60. The zero-order valence-electron chi connectivity index (χ0n) is 15.4. The highest BCUT2D eigenvalue weighted by Crippen LogP contribution is 2.65. The SMILES string of the molecule is C=CC1(C)CCC2C(C)(CCC3C(C)(C)C(O)C(O)CC23C)O1. The van der Waals surface area contributed by atoms with Crippen molar-refractivity contribution in [2.75, 3.05) is 0 Å². The first kappa shape index (κ1) is 17.4. The minimum absolute atomic E-state index is 0.0116. The van der Waals surface area contributed by atoms with Crippen LogP contribution in [-0.4, -0.2) is 33.6 Å². The largest absolute Gasteiger partial charge is 0.390 e. The fraction of sp³-hybridized carbons (Fsp3) is 0.900. The van der Waals surface area contributed by atoms with Gasteiger partial charge in [-0.3, -0.25) is 0 Å². The molecule has 1 aliphatic heterocycles. The summed E-state index contributed by atoms with van der Waals surface area (Å²) in [5, 5.41) is 21.1. The first-order valence-electron chi connectivity index (χ1n) is 9.18.